The van der Waals surface area contributed by atoms with Crippen molar-refractivity contribution in [3.05, 3.63) is 60.2 Å². The summed E-state index contributed by atoms with van der Waals surface area (Å²) in [6, 6.07) is 13.3. The van der Waals surface area contributed by atoms with Gasteiger partial charge in [0.15, 0.2) is 5.76 Å². The Hall–Kier alpha value is -3.39. The molecule has 2 amide bonds. The van der Waals surface area contributed by atoms with E-state index in [-0.39, 0.29) is 30.9 Å². The SMILES string of the molecule is CN(CC(=O)NC1CC1)CC(=O)N1N=C(c2cc3ccccc3o2)C[C@H]1c1ccco1. The molecule has 0 bridgehead atoms. The van der Waals surface area contributed by atoms with Crippen molar-refractivity contribution in [3.63, 3.8) is 0 Å². The monoisotopic (exact) mass is 420 g/mol. The van der Waals surface area contributed by atoms with Gasteiger partial charge in [-0.25, -0.2) is 5.01 Å². The van der Waals surface area contributed by atoms with Gasteiger partial charge in [-0.3, -0.25) is 14.5 Å². The van der Waals surface area contributed by atoms with Crippen LogP contribution in [0.4, 0.5) is 0 Å². The van der Waals surface area contributed by atoms with Crippen molar-refractivity contribution in [1.82, 2.24) is 15.2 Å². The molecule has 8 heteroatoms. The number of para-hydroxylation sites is 1. The maximum Gasteiger partial charge on any atom is 0.257 e. The smallest absolute Gasteiger partial charge is 0.257 e. The minimum absolute atomic E-state index is 0.0618. The lowest BCUT2D eigenvalue weighted by Crippen LogP contribution is -2.41. The molecule has 0 radical (unpaired) electrons. The van der Waals surface area contributed by atoms with Gasteiger partial charge in [-0.1, -0.05) is 18.2 Å². The van der Waals surface area contributed by atoms with Gasteiger partial charge < -0.3 is 14.2 Å². The number of amides is 2. The molecule has 1 aliphatic heterocycles. The van der Waals surface area contributed by atoms with Crippen LogP contribution in [-0.4, -0.2) is 53.6 Å². The van der Waals surface area contributed by atoms with Crippen LogP contribution in [-0.2, 0) is 9.59 Å². The average molecular weight is 420 g/mol. The Labute approximate surface area is 179 Å². The molecule has 5 rings (SSSR count). The zero-order chi connectivity index (χ0) is 21.4. The van der Waals surface area contributed by atoms with E-state index in [1.807, 2.05) is 36.4 Å². The summed E-state index contributed by atoms with van der Waals surface area (Å²) in [4.78, 5) is 26.8. The van der Waals surface area contributed by atoms with Crippen molar-refractivity contribution in [2.75, 3.05) is 20.1 Å². The first-order chi connectivity index (χ1) is 15.1. The topological polar surface area (TPSA) is 91.3 Å². The van der Waals surface area contributed by atoms with Crippen molar-refractivity contribution in [2.45, 2.75) is 31.3 Å². The number of hydrazone groups is 1. The lowest BCUT2D eigenvalue weighted by atomic mass is 10.1. The standard InChI is InChI=1S/C23H24N4O4/c1-26(13-22(28)24-16-8-9-16)14-23(29)27-18(20-7-4-10-30-20)12-17(25-27)21-11-15-5-2-3-6-19(15)31-21/h2-7,10-11,16,18H,8-9,12-14H2,1H3,(H,24,28)/t18-/m0/s1. The van der Waals surface area contributed by atoms with Crippen LogP contribution in [0.5, 0.6) is 0 Å². The molecule has 3 heterocycles. The number of furan rings is 2. The van der Waals surface area contributed by atoms with E-state index in [0.29, 0.717) is 29.7 Å². The fourth-order valence-electron chi connectivity index (χ4n) is 3.82. The van der Waals surface area contributed by atoms with Gasteiger partial charge in [0.1, 0.15) is 23.1 Å². The number of carbonyl (C=O) groups excluding carboxylic acids is 2. The molecule has 1 saturated carbocycles. The summed E-state index contributed by atoms with van der Waals surface area (Å²) in [7, 11) is 1.76. The van der Waals surface area contributed by atoms with Crippen LogP contribution in [0.2, 0.25) is 0 Å². The fourth-order valence-corrected chi connectivity index (χ4v) is 3.82. The highest BCUT2D eigenvalue weighted by molar-refractivity contribution is 6.03. The Kier molecular flexibility index (Phi) is 5.07. The van der Waals surface area contributed by atoms with Crippen LogP contribution in [0.15, 0.2) is 62.7 Å². The number of nitrogens with zero attached hydrogens (tertiary/aromatic N) is 3. The van der Waals surface area contributed by atoms with Crippen molar-refractivity contribution >= 4 is 28.5 Å². The average Bonchev–Trinajstić information content (AvgIpc) is 3.18. The third-order valence-corrected chi connectivity index (χ3v) is 5.51. The van der Waals surface area contributed by atoms with Gasteiger partial charge in [0.25, 0.3) is 5.91 Å². The third-order valence-electron chi connectivity index (χ3n) is 5.51. The zero-order valence-corrected chi connectivity index (χ0v) is 17.3. The van der Waals surface area contributed by atoms with E-state index < -0.39 is 0 Å². The fraction of sp³-hybridized carbons (Fsp3) is 0.348. The number of likely N-dealkylation sites (N-methyl/N-ethyl adjacent to an activating group) is 1. The van der Waals surface area contributed by atoms with E-state index in [9.17, 15) is 9.59 Å². The quantitative estimate of drug-likeness (QED) is 0.635. The number of hydrogen-bond donors (Lipinski definition) is 1. The van der Waals surface area contributed by atoms with Gasteiger partial charge in [0, 0.05) is 17.8 Å². The zero-order valence-electron chi connectivity index (χ0n) is 17.3. The minimum atomic E-state index is -0.348. The highest BCUT2D eigenvalue weighted by Gasteiger charge is 2.36. The first kappa shape index (κ1) is 19.6. The van der Waals surface area contributed by atoms with Gasteiger partial charge in [0.05, 0.1) is 19.4 Å². The highest BCUT2D eigenvalue weighted by Crippen LogP contribution is 2.34. The van der Waals surface area contributed by atoms with E-state index in [1.165, 1.54) is 5.01 Å². The second-order valence-corrected chi connectivity index (χ2v) is 8.18. The van der Waals surface area contributed by atoms with Gasteiger partial charge >= 0.3 is 0 Å². The van der Waals surface area contributed by atoms with Gasteiger partial charge in [-0.15, -0.1) is 0 Å². The van der Waals surface area contributed by atoms with Gasteiger partial charge in [0.2, 0.25) is 5.91 Å². The molecule has 1 aliphatic carbocycles. The predicted octanol–water partition coefficient (Wildman–Crippen LogP) is 2.91. The predicted molar refractivity (Wildman–Crippen MR) is 114 cm³/mol. The summed E-state index contributed by atoms with van der Waals surface area (Å²) in [6.07, 6.45) is 4.15. The molecule has 0 saturated heterocycles. The molecule has 2 aliphatic rings. The lowest BCUT2D eigenvalue weighted by molar-refractivity contribution is -0.134. The molecule has 160 valence electrons. The van der Waals surface area contributed by atoms with Crippen molar-refractivity contribution < 1.29 is 18.4 Å². The molecule has 0 spiro atoms. The summed E-state index contributed by atoms with van der Waals surface area (Å²) in [5, 5.41) is 9.98. The number of benzene rings is 1. The Morgan fingerprint density at radius 3 is 2.77 bits per heavy atom. The summed E-state index contributed by atoms with van der Waals surface area (Å²) in [5.74, 6) is 1.05. The maximum absolute atomic E-state index is 13.1. The van der Waals surface area contributed by atoms with E-state index in [4.69, 9.17) is 8.83 Å². The molecule has 3 aromatic rings. The van der Waals surface area contributed by atoms with Crippen LogP contribution in [0.25, 0.3) is 11.0 Å². The van der Waals surface area contributed by atoms with E-state index in [2.05, 4.69) is 10.4 Å². The number of hydrogen-bond acceptors (Lipinski definition) is 6. The summed E-state index contributed by atoms with van der Waals surface area (Å²) < 4.78 is 11.5. The Bertz CT molecular complexity index is 1100. The van der Waals surface area contributed by atoms with Crippen LogP contribution in [0.1, 0.15) is 36.8 Å². The number of nitrogens with one attached hydrogen (secondary N) is 1. The van der Waals surface area contributed by atoms with Crippen molar-refractivity contribution in [2.24, 2.45) is 5.10 Å². The van der Waals surface area contributed by atoms with E-state index in [0.717, 1.165) is 23.8 Å². The number of rotatable bonds is 7. The first-order valence-corrected chi connectivity index (χ1v) is 10.5. The summed E-state index contributed by atoms with van der Waals surface area (Å²) in [5.41, 5.74) is 1.47. The van der Waals surface area contributed by atoms with E-state index in [1.54, 1.807) is 24.3 Å². The lowest BCUT2D eigenvalue weighted by Gasteiger charge is -2.23. The molecular weight excluding hydrogens is 396 g/mol. The number of fused-ring (bicyclic) bond motifs is 1. The number of carbonyl (C=O) groups is 2. The van der Waals surface area contributed by atoms with Crippen LogP contribution < -0.4 is 5.32 Å². The van der Waals surface area contributed by atoms with E-state index >= 15 is 0 Å². The summed E-state index contributed by atoms with van der Waals surface area (Å²) in [6.45, 7) is 0.244. The molecule has 31 heavy (non-hydrogen) atoms. The van der Waals surface area contributed by atoms with Crippen LogP contribution in [0, 0.1) is 0 Å². The molecule has 1 aromatic carbocycles. The van der Waals surface area contributed by atoms with Gasteiger partial charge in [-0.2, -0.15) is 5.10 Å². The first-order valence-electron chi connectivity index (χ1n) is 10.5. The molecule has 1 N–H and O–H groups in total. The maximum atomic E-state index is 13.1. The van der Waals surface area contributed by atoms with Crippen molar-refractivity contribution in [3.8, 4) is 0 Å². The molecule has 0 unspecified atom stereocenters. The summed E-state index contributed by atoms with van der Waals surface area (Å²) >= 11 is 0. The second-order valence-electron chi connectivity index (χ2n) is 8.18. The minimum Gasteiger partial charge on any atom is -0.467 e. The molecular formula is C23H24N4O4. The second kappa shape index (κ2) is 8.03. The largest absolute Gasteiger partial charge is 0.467 e. The molecule has 8 nitrogen and oxygen atoms in total. The Morgan fingerprint density at radius 2 is 2.03 bits per heavy atom. The van der Waals surface area contributed by atoms with Crippen LogP contribution in [0.3, 0.4) is 0 Å². The molecule has 1 fully saturated rings. The normalized spacial score (nSPS) is 18.6. The Morgan fingerprint density at radius 1 is 1.19 bits per heavy atom. The van der Waals surface area contributed by atoms with Crippen molar-refractivity contribution in [1.29, 1.82) is 0 Å². The third kappa shape index (κ3) is 4.25. The highest BCUT2D eigenvalue weighted by atomic mass is 16.3. The van der Waals surface area contributed by atoms with Crippen LogP contribution >= 0.6 is 0 Å². The Balaban J connectivity index is 1.34. The molecule has 2 aromatic heterocycles. The molecule has 1 atom stereocenters. The van der Waals surface area contributed by atoms with Gasteiger partial charge in [-0.05, 0) is 44.2 Å².